The first-order valence-electron chi connectivity index (χ1n) is 6.75. The van der Waals surface area contributed by atoms with Gasteiger partial charge in [-0.2, -0.15) is 0 Å². The molecule has 0 aromatic heterocycles. The van der Waals surface area contributed by atoms with E-state index in [9.17, 15) is 5.11 Å². The Morgan fingerprint density at radius 3 is 3.00 bits per heavy atom. The van der Waals surface area contributed by atoms with Crippen molar-refractivity contribution in [1.82, 2.24) is 5.32 Å². The molecule has 0 spiro atoms. The minimum absolute atomic E-state index is 0.0172. The summed E-state index contributed by atoms with van der Waals surface area (Å²) >= 11 is 0. The SMILES string of the molecule is CCNCC(C)(O)CC1OCCc2ccccc21. The van der Waals surface area contributed by atoms with Crippen LogP contribution in [0.5, 0.6) is 0 Å². The molecule has 18 heavy (non-hydrogen) atoms. The molecular weight excluding hydrogens is 226 g/mol. The quantitative estimate of drug-likeness (QED) is 0.839. The predicted molar refractivity (Wildman–Crippen MR) is 72.6 cm³/mol. The van der Waals surface area contributed by atoms with E-state index < -0.39 is 5.60 Å². The number of benzene rings is 1. The molecule has 2 N–H and O–H groups in total. The van der Waals surface area contributed by atoms with E-state index in [1.807, 2.05) is 19.9 Å². The fraction of sp³-hybridized carbons (Fsp3) is 0.600. The molecule has 1 heterocycles. The topological polar surface area (TPSA) is 41.5 Å². The normalized spacial score (nSPS) is 22.3. The van der Waals surface area contributed by atoms with Gasteiger partial charge in [0.05, 0.1) is 18.3 Å². The van der Waals surface area contributed by atoms with E-state index in [2.05, 4.69) is 23.5 Å². The molecule has 1 aromatic rings. The molecule has 0 radical (unpaired) electrons. The van der Waals surface area contributed by atoms with E-state index in [0.29, 0.717) is 13.0 Å². The van der Waals surface area contributed by atoms with Crippen molar-refractivity contribution in [1.29, 1.82) is 0 Å². The number of ether oxygens (including phenoxy) is 1. The second-order valence-electron chi connectivity index (χ2n) is 5.29. The smallest absolute Gasteiger partial charge is 0.0855 e. The first-order valence-corrected chi connectivity index (χ1v) is 6.75. The zero-order valence-electron chi connectivity index (χ0n) is 11.3. The highest BCUT2D eigenvalue weighted by molar-refractivity contribution is 5.31. The summed E-state index contributed by atoms with van der Waals surface area (Å²) in [5, 5.41) is 13.6. The highest BCUT2D eigenvalue weighted by atomic mass is 16.5. The molecule has 1 aliphatic heterocycles. The molecule has 2 atom stereocenters. The summed E-state index contributed by atoms with van der Waals surface area (Å²) in [7, 11) is 0. The van der Waals surface area contributed by atoms with Gasteiger partial charge in [-0.25, -0.2) is 0 Å². The maximum absolute atomic E-state index is 10.4. The number of likely N-dealkylation sites (N-methyl/N-ethyl adjacent to an activating group) is 1. The summed E-state index contributed by atoms with van der Waals surface area (Å²) in [5.74, 6) is 0. The maximum atomic E-state index is 10.4. The van der Waals surface area contributed by atoms with Crippen LogP contribution in [-0.2, 0) is 11.2 Å². The van der Waals surface area contributed by atoms with Crippen molar-refractivity contribution < 1.29 is 9.84 Å². The van der Waals surface area contributed by atoms with Gasteiger partial charge in [0.1, 0.15) is 0 Å². The van der Waals surface area contributed by atoms with Gasteiger partial charge in [0.15, 0.2) is 0 Å². The summed E-state index contributed by atoms with van der Waals surface area (Å²) in [4.78, 5) is 0. The van der Waals surface area contributed by atoms with Gasteiger partial charge in [0.25, 0.3) is 0 Å². The maximum Gasteiger partial charge on any atom is 0.0855 e. The van der Waals surface area contributed by atoms with Gasteiger partial charge in [0.2, 0.25) is 0 Å². The van der Waals surface area contributed by atoms with Crippen LogP contribution in [0.3, 0.4) is 0 Å². The molecule has 2 rings (SSSR count). The van der Waals surface area contributed by atoms with Gasteiger partial charge in [0, 0.05) is 13.0 Å². The van der Waals surface area contributed by atoms with Gasteiger partial charge in [-0.1, -0.05) is 31.2 Å². The van der Waals surface area contributed by atoms with Crippen molar-refractivity contribution in [2.75, 3.05) is 19.7 Å². The first-order chi connectivity index (χ1) is 8.62. The van der Waals surface area contributed by atoms with E-state index in [1.54, 1.807) is 0 Å². The zero-order valence-corrected chi connectivity index (χ0v) is 11.3. The first kappa shape index (κ1) is 13.5. The molecule has 1 aromatic carbocycles. The third kappa shape index (κ3) is 3.31. The number of hydrogen-bond donors (Lipinski definition) is 2. The Labute approximate surface area is 109 Å². The Balaban J connectivity index is 2.06. The Morgan fingerprint density at radius 1 is 1.44 bits per heavy atom. The van der Waals surface area contributed by atoms with E-state index in [1.165, 1.54) is 11.1 Å². The van der Waals surface area contributed by atoms with E-state index in [0.717, 1.165) is 19.6 Å². The summed E-state index contributed by atoms with van der Waals surface area (Å²) in [6.45, 7) is 6.14. The van der Waals surface area contributed by atoms with Crippen LogP contribution in [-0.4, -0.2) is 30.4 Å². The minimum Gasteiger partial charge on any atom is -0.389 e. The molecule has 0 saturated heterocycles. The van der Waals surface area contributed by atoms with Crippen LogP contribution in [0.15, 0.2) is 24.3 Å². The number of aliphatic hydroxyl groups is 1. The van der Waals surface area contributed by atoms with Crippen LogP contribution in [0.1, 0.15) is 37.5 Å². The van der Waals surface area contributed by atoms with Crippen LogP contribution in [0.25, 0.3) is 0 Å². The molecule has 0 fully saturated rings. The highest BCUT2D eigenvalue weighted by Crippen LogP contribution is 2.32. The number of rotatable bonds is 5. The third-order valence-corrected chi connectivity index (χ3v) is 3.47. The highest BCUT2D eigenvalue weighted by Gasteiger charge is 2.29. The lowest BCUT2D eigenvalue weighted by molar-refractivity contribution is -0.0356. The number of fused-ring (bicyclic) bond motifs is 1. The van der Waals surface area contributed by atoms with Crippen molar-refractivity contribution in [3.8, 4) is 0 Å². The van der Waals surface area contributed by atoms with E-state index in [4.69, 9.17) is 4.74 Å². The molecular formula is C15H23NO2. The van der Waals surface area contributed by atoms with Gasteiger partial charge in [-0.15, -0.1) is 0 Å². The molecule has 0 aliphatic carbocycles. The molecule has 2 unspecified atom stereocenters. The summed E-state index contributed by atoms with van der Waals surface area (Å²) in [5.41, 5.74) is 1.86. The van der Waals surface area contributed by atoms with Crippen molar-refractivity contribution >= 4 is 0 Å². The van der Waals surface area contributed by atoms with Gasteiger partial charge >= 0.3 is 0 Å². The zero-order chi connectivity index (χ0) is 13.0. The lowest BCUT2D eigenvalue weighted by Crippen LogP contribution is -2.40. The lowest BCUT2D eigenvalue weighted by atomic mass is 9.89. The molecule has 0 saturated carbocycles. The molecule has 3 nitrogen and oxygen atoms in total. The molecule has 0 amide bonds. The second-order valence-corrected chi connectivity index (χ2v) is 5.29. The van der Waals surface area contributed by atoms with E-state index in [-0.39, 0.29) is 6.10 Å². The molecule has 1 aliphatic rings. The molecule has 3 heteroatoms. The Hall–Kier alpha value is -0.900. The van der Waals surface area contributed by atoms with Gasteiger partial charge in [-0.05, 0) is 31.0 Å². The van der Waals surface area contributed by atoms with E-state index >= 15 is 0 Å². The Morgan fingerprint density at radius 2 is 2.22 bits per heavy atom. The monoisotopic (exact) mass is 249 g/mol. The Bertz CT molecular complexity index is 390. The third-order valence-electron chi connectivity index (χ3n) is 3.47. The van der Waals surface area contributed by atoms with Crippen LogP contribution in [0.2, 0.25) is 0 Å². The van der Waals surface area contributed by atoms with Crippen LogP contribution in [0.4, 0.5) is 0 Å². The van der Waals surface area contributed by atoms with Gasteiger partial charge in [-0.3, -0.25) is 0 Å². The summed E-state index contributed by atoms with van der Waals surface area (Å²) < 4.78 is 5.83. The van der Waals surface area contributed by atoms with Crippen LogP contribution < -0.4 is 5.32 Å². The standard InChI is InChI=1S/C15H23NO2/c1-3-16-11-15(2,17)10-14-13-7-5-4-6-12(13)8-9-18-14/h4-7,14,16-17H,3,8-11H2,1-2H3. The van der Waals surface area contributed by atoms with Crippen molar-refractivity contribution in [2.45, 2.75) is 38.4 Å². The number of nitrogens with one attached hydrogen (secondary N) is 1. The fourth-order valence-corrected chi connectivity index (χ4v) is 2.51. The predicted octanol–water partition coefficient (Wildman–Crippen LogP) is 2.05. The molecule has 100 valence electrons. The summed E-state index contributed by atoms with van der Waals surface area (Å²) in [6.07, 6.45) is 1.63. The Kier molecular flexibility index (Phi) is 4.38. The largest absolute Gasteiger partial charge is 0.389 e. The summed E-state index contributed by atoms with van der Waals surface area (Å²) in [6, 6.07) is 8.38. The van der Waals surface area contributed by atoms with Crippen molar-refractivity contribution in [2.24, 2.45) is 0 Å². The average molecular weight is 249 g/mol. The van der Waals surface area contributed by atoms with Crippen LogP contribution in [0, 0.1) is 0 Å². The van der Waals surface area contributed by atoms with Gasteiger partial charge < -0.3 is 15.2 Å². The van der Waals surface area contributed by atoms with Crippen molar-refractivity contribution in [3.05, 3.63) is 35.4 Å². The lowest BCUT2D eigenvalue weighted by Gasteiger charge is -2.32. The molecule has 0 bridgehead atoms. The van der Waals surface area contributed by atoms with Crippen LogP contribution >= 0.6 is 0 Å². The second kappa shape index (κ2) is 5.83. The fourth-order valence-electron chi connectivity index (χ4n) is 2.51. The van der Waals surface area contributed by atoms with Crippen molar-refractivity contribution in [3.63, 3.8) is 0 Å². The average Bonchev–Trinajstić information content (AvgIpc) is 2.37. The minimum atomic E-state index is -0.731. The number of hydrogen-bond acceptors (Lipinski definition) is 3.